The SMILES string of the molecule is Cc1cccc(C#N)c1NCC(C)S(C)=O. The first-order valence-electron chi connectivity index (χ1n) is 5.12. The van der Waals surface area contributed by atoms with Crippen LogP contribution in [0.25, 0.3) is 0 Å². The molecule has 1 aromatic carbocycles. The van der Waals surface area contributed by atoms with Crippen molar-refractivity contribution in [3.63, 3.8) is 0 Å². The predicted molar refractivity (Wildman–Crippen MR) is 67.9 cm³/mol. The van der Waals surface area contributed by atoms with Gasteiger partial charge in [-0.1, -0.05) is 12.1 Å². The number of nitrogens with zero attached hydrogens (tertiary/aromatic N) is 1. The molecule has 0 aliphatic heterocycles. The minimum absolute atomic E-state index is 0.0751. The summed E-state index contributed by atoms with van der Waals surface area (Å²) >= 11 is 0. The van der Waals surface area contributed by atoms with Crippen molar-refractivity contribution in [3.05, 3.63) is 29.3 Å². The van der Waals surface area contributed by atoms with Crippen molar-refractivity contribution < 1.29 is 4.21 Å². The van der Waals surface area contributed by atoms with E-state index in [0.29, 0.717) is 12.1 Å². The monoisotopic (exact) mass is 236 g/mol. The van der Waals surface area contributed by atoms with Crippen molar-refractivity contribution in [2.45, 2.75) is 19.1 Å². The second-order valence-electron chi connectivity index (χ2n) is 3.80. The lowest BCUT2D eigenvalue weighted by atomic mass is 10.1. The van der Waals surface area contributed by atoms with E-state index in [2.05, 4.69) is 11.4 Å². The Morgan fingerprint density at radius 1 is 1.56 bits per heavy atom. The van der Waals surface area contributed by atoms with Crippen LogP contribution in [-0.2, 0) is 10.8 Å². The molecule has 3 nitrogen and oxygen atoms in total. The number of hydrogen-bond acceptors (Lipinski definition) is 3. The number of nitriles is 1. The Bertz CT molecular complexity index is 437. The lowest BCUT2D eigenvalue weighted by Gasteiger charge is -2.14. The van der Waals surface area contributed by atoms with Gasteiger partial charge in [0.2, 0.25) is 0 Å². The zero-order chi connectivity index (χ0) is 12.1. The average molecular weight is 236 g/mol. The van der Waals surface area contributed by atoms with Gasteiger partial charge in [0, 0.05) is 28.9 Å². The summed E-state index contributed by atoms with van der Waals surface area (Å²) in [6, 6.07) is 7.75. The number of aryl methyl sites for hydroxylation is 1. The van der Waals surface area contributed by atoms with E-state index < -0.39 is 10.8 Å². The maximum atomic E-state index is 11.2. The molecule has 0 fully saturated rings. The van der Waals surface area contributed by atoms with Crippen molar-refractivity contribution in [1.29, 1.82) is 5.26 Å². The Morgan fingerprint density at radius 3 is 2.81 bits per heavy atom. The summed E-state index contributed by atoms with van der Waals surface area (Å²) in [5.41, 5.74) is 2.52. The topological polar surface area (TPSA) is 52.9 Å². The predicted octanol–water partition coefficient (Wildman–Crippen LogP) is 2.05. The minimum atomic E-state index is -0.845. The molecule has 0 saturated heterocycles. The summed E-state index contributed by atoms with van der Waals surface area (Å²) in [6.45, 7) is 4.49. The highest BCUT2D eigenvalue weighted by molar-refractivity contribution is 7.84. The van der Waals surface area contributed by atoms with Crippen LogP contribution in [0.4, 0.5) is 5.69 Å². The van der Waals surface area contributed by atoms with Gasteiger partial charge in [0.25, 0.3) is 0 Å². The van der Waals surface area contributed by atoms with Gasteiger partial charge in [-0.05, 0) is 25.5 Å². The molecular formula is C12H16N2OS. The van der Waals surface area contributed by atoms with Crippen LogP contribution in [0.2, 0.25) is 0 Å². The molecule has 1 N–H and O–H groups in total. The summed E-state index contributed by atoms with van der Waals surface area (Å²) in [6.07, 6.45) is 1.69. The van der Waals surface area contributed by atoms with Crippen LogP contribution in [0.15, 0.2) is 18.2 Å². The van der Waals surface area contributed by atoms with Gasteiger partial charge in [-0.25, -0.2) is 0 Å². The van der Waals surface area contributed by atoms with Crippen molar-refractivity contribution in [2.75, 3.05) is 18.1 Å². The third-order valence-corrected chi connectivity index (χ3v) is 3.83. The van der Waals surface area contributed by atoms with Crippen molar-refractivity contribution in [2.24, 2.45) is 0 Å². The Hall–Kier alpha value is -1.34. The lowest BCUT2D eigenvalue weighted by Crippen LogP contribution is -2.21. The van der Waals surface area contributed by atoms with Crippen LogP contribution in [0.5, 0.6) is 0 Å². The van der Waals surface area contributed by atoms with Crippen molar-refractivity contribution >= 4 is 16.5 Å². The van der Waals surface area contributed by atoms with E-state index >= 15 is 0 Å². The van der Waals surface area contributed by atoms with Crippen LogP contribution in [-0.4, -0.2) is 22.3 Å². The molecule has 0 bridgehead atoms. The van der Waals surface area contributed by atoms with E-state index in [0.717, 1.165) is 11.3 Å². The Labute approximate surface area is 98.9 Å². The molecule has 2 unspecified atom stereocenters. The van der Waals surface area contributed by atoms with Crippen LogP contribution in [0, 0.1) is 18.3 Å². The maximum absolute atomic E-state index is 11.2. The quantitative estimate of drug-likeness (QED) is 0.870. The van der Waals surface area contributed by atoms with Crippen LogP contribution < -0.4 is 5.32 Å². The standard InChI is InChI=1S/C12H16N2OS/c1-9-5-4-6-11(7-13)12(9)14-8-10(2)16(3)15/h4-6,10,14H,8H2,1-3H3. The van der Waals surface area contributed by atoms with Gasteiger partial charge in [-0.3, -0.25) is 4.21 Å². The zero-order valence-electron chi connectivity index (χ0n) is 9.78. The normalized spacial score (nSPS) is 13.9. The molecular weight excluding hydrogens is 220 g/mol. The van der Waals surface area contributed by atoms with Gasteiger partial charge in [0.05, 0.1) is 11.3 Å². The zero-order valence-corrected chi connectivity index (χ0v) is 10.6. The number of anilines is 1. The molecule has 0 heterocycles. The van der Waals surface area contributed by atoms with Gasteiger partial charge in [-0.2, -0.15) is 5.26 Å². The molecule has 0 radical (unpaired) electrons. The number of hydrogen-bond donors (Lipinski definition) is 1. The fourth-order valence-corrected chi connectivity index (χ4v) is 1.68. The molecule has 0 saturated carbocycles. The summed E-state index contributed by atoms with van der Waals surface area (Å²) < 4.78 is 11.2. The van der Waals surface area contributed by atoms with E-state index in [4.69, 9.17) is 5.26 Å². The van der Waals surface area contributed by atoms with Crippen LogP contribution in [0.3, 0.4) is 0 Å². The second-order valence-corrected chi connectivity index (χ2v) is 5.60. The highest BCUT2D eigenvalue weighted by Crippen LogP contribution is 2.19. The minimum Gasteiger partial charge on any atom is -0.383 e. The van der Waals surface area contributed by atoms with Crippen LogP contribution in [0.1, 0.15) is 18.1 Å². The average Bonchev–Trinajstić information content (AvgIpc) is 2.26. The molecule has 0 aliphatic carbocycles. The molecule has 0 aromatic heterocycles. The Kier molecular flexibility index (Phi) is 4.51. The van der Waals surface area contributed by atoms with Gasteiger partial charge in [-0.15, -0.1) is 0 Å². The third-order valence-electron chi connectivity index (χ3n) is 2.53. The summed E-state index contributed by atoms with van der Waals surface area (Å²) in [5, 5.41) is 12.2. The smallest absolute Gasteiger partial charge is 0.101 e. The molecule has 0 spiro atoms. The van der Waals surface area contributed by atoms with E-state index in [-0.39, 0.29) is 5.25 Å². The number of benzene rings is 1. The largest absolute Gasteiger partial charge is 0.383 e. The molecule has 1 rings (SSSR count). The molecule has 4 heteroatoms. The van der Waals surface area contributed by atoms with E-state index in [1.54, 1.807) is 12.3 Å². The molecule has 0 aliphatic rings. The molecule has 0 amide bonds. The first-order chi connectivity index (χ1) is 7.56. The van der Waals surface area contributed by atoms with E-state index in [1.807, 2.05) is 26.0 Å². The number of nitrogens with one attached hydrogen (secondary N) is 1. The van der Waals surface area contributed by atoms with E-state index in [1.165, 1.54) is 0 Å². The molecule has 16 heavy (non-hydrogen) atoms. The number of rotatable bonds is 4. The van der Waals surface area contributed by atoms with Crippen LogP contribution >= 0.6 is 0 Å². The summed E-state index contributed by atoms with van der Waals surface area (Å²) in [4.78, 5) is 0. The fraction of sp³-hybridized carbons (Fsp3) is 0.417. The summed E-state index contributed by atoms with van der Waals surface area (Å²) in [7, 11) is -0.845. The second kappa shape index (κ2) is 5.66. The lowest BCUT2D eigenvalue weighted by molar-refractivity contribution is 0.679. The maximum Gasteiger partial charge on any atom is 0.101 e. The highest BCUT2D eigenvalue weighted by atomic mass is 32.2. The highest BCUT2D eigenvalue weighted by Gasteiger charge is 2.09. The Balaban J connectivity index is 2.82. The molecule has 86 valence electrons. The van der Waals surface area contributed by atoms with Gasteiger partial charge in [0.15, 0.2) is 0 Å². The Morgan fingerprint density at radius 2 is 2.25 bits per heavy atom. The van der Waals surface area contributed by atoms with E-state index in [9.17, 15) is 4.21 Å². The molecule has 1 aromatic rings. The van der Waals surface area contributed by atoms with Gasteiger partial charge >= 0.3 is 0 Å². The summed E-state index contributed by atoms with van der Waals surface area (Å²) in [5.74, 6) is 0. The van der Waals surface area contributed by atoms with Gasteiger partial charge < -0.3 is 5.32 Å². The van der Waals surface area contributed by atoms with Crippen molar-refractivity contribution in [3.8, 4) is 6.07 Å². The van der Waals surface area contributed by atoms with Crippen molar-refractivity contribution in [1.82, 2.24) is 0 Å². The first kappa shape index (κ1) is 12.7. The third kappa shape index (κ3) is 3.07. The first-order valence-corrected chi connectivity index (χ1v) is 6.74. The number of para-hydroxylation sites is 1. The molecule has 2 atom stereocenters. The van der Waals surface area contributed by atoms with Gasteiger partial charge in [0.1, 0.15) is 6.07 Å². The fourth-order valence-electron chi connectivity index (χ4n) is 1.36.